The Morgan fingerprint density at radius 1 is 1.26 bits per heavy atom. The number of carbonyl (C=O) groups excluding carboxylic acids is 2. The normalized spacial score (nSPS) is 13.0. The summed E-state index contributed by atoms with van der Waals surface area (Å²) in [6.45, 7) is 0.418. The van der Waals surface area contributed by atoms with Crippen molar-refractivity contribution < 1.29 is 14.3 Å². The molecule has 0 bridgehead atoms. The predicted octanol–water partition coefficient (Wildman–Crippen LogP) is 2.14. The molecule has 1 heterocycles. The number of rotatable bonds is 4. The quantitative estimate of drug-likeness (QED) is 0.941. The number of nitrogens with zero attached hydrogens (tertiary/aromatic N) is 1. The Morgan fingerprint density at radius 3 is 2.87 bits per heavy atom. The highest BCUT2D eigenvalue weighted by atomic mass is 16.5. The molecule has 0 atom stereocenters. The molecule has 118 valence electrons. The molecule has 2 aromatic rings. The van der Waals surface area contributed by atoms with Gasteiger partial charge in [-0.25, -0.2) is 0 Å². The molecule has 0 aromatic heterocycles. The lowest BCUT2D eigenvalue weighted by Crippen LogP contribution is -2.22. The van der Waals surface area contributed by atoms with E-state index in [1.165, 1.54) is 0 Å². The van der Waals surface area contributed by atoms with Crippen LogP contribution in [0.2, 0.25) is 0 Å². The molecule has 5 nitrogen and oxygen atoms in total. The topological polar surface area (TPSA) is 58.6 Å². The highest BCUT2D eigenvalue weighted by Crippen LogP contribution is 2.28. The lowest BCUT2D eigenvalue weighted by molar-refractivity contribution is -0.117. The third kappa shape index (κ3) is 3.04. The molecule has 2 amide bonds. The van der Waals surface area contributed by atoms with Gasteiger partial charge in [0.15, 0.2) is 0 Å². The van der Waals surface area contributed by atoms with Crippen molar-refractivity contribution in [2.45, 2.75) is 13.0 Å². The molecule has 5 heteroatoms. The average molecular weight is 310 g/mol. The zero-order chi connectivity index (χ0) is 16.4. The number of hydrogen-bond donors (Lipinski definition) is 1. The van der Waals surface area contributed by atoms with Crippen molar-refractivity contribution in [2.75, 3.05) is 19.1 Å². The Labute approximate surface area is 134 Å². The van der Waals surface area contributed by atoms with E-state index in [4.69, 9.17) is 4.74 Å². The first-order chi connectivity index (χ1) is 11.1. The number of ether oxygens (including phenoxy) is 1. The number of likely N-dealkylation sites (N-methyl/N-ethyl adjacent to an activating group) is 1. The van der Waals surface area contributed by atoms with Gasteiger partial charge in [0, 0.05) is 24.8 Å². The summed E-state index contributed by atoms with van der Waals surface area (Å²) in [5.41, 5.74) is 3.48. The van der Waals surface area contributed by atoms with Gasteiger partial charge in [0.05, 0.1) is 13.5 Å². The second-order valence-corrected chi connectivity index (χ2v) is 5.51. The minimum atomic E-state index is -0.155. The lowest BCUT2D eigenvalue weighted by Gasteiger charge is -2.11. The number of fused-ring (bicyclic) bond motifs is 1. The largest absolute Gasteiger partial charge is 0.497 e. The number of carbonyl (C=O) groups is 2. The van der Waals surface area contributed by atoms with Crippen molar-refractivity contribution in [3.63, 3.8) is 0 Å². The molecule has 1 aliphatic rings. The molecule has 23 heavy (non-hydrogen) atoms. The third-order valence-electron chi connectivity index (χ3n) is 4.01. The highest BCUT2D eigenvalue weighted by molar-refractivity contribution is 6.01. The number of amides is 2. The Kier molecular flexibility index (Phi) is 4.02. The maximum Gasteiger partial charge on any atom is 0.251 e. The number of hydrogen-bond acceptors (Lipinski definition) is 3. The van der Waals surface area contributed by atoms with Gasteiger partial charge in [-0.2, -0.15) is 0 Å². The van der Waals surface area contributed by atoms with Crippen molar-refractivity contribution in [3.05, 3.63) is 59.2 Å². The van der Waals surface area contributed by atoms with Crippen LogP contribution >= 0.6 is 0 Å². The van der Waals surface area contributed by atoms with Crippen molar-refractivity contribution in [3.8, 4) is 5.75 Å². The van der Waals surface area contributed by atoms with Gasteiger partial charge in [-0.3, -0.25) is 9.59 Å². The first-order valence-corrected chi connectivity index (χ1v) is 7.39. The van der Waals surface area contributed by atoms with E-state index in [9.17, 15) is 9.59 Å². The lowest BCUT2D eigenvalue weighted by atomic mass is 10.1. The second kappa shape index (κ2) is 6.12. The van der Waals surface area contributed by atoms with Crippen LogP contribution in [0.5, 0.6) is 5.75 Å². The zero-order valence-corrected chi connectivity index (χ0v) is 13.1. The minimum absolute atomic E-state index is 0.0950. The number of nitrogens with one attached hydrogen (secondary N) is 1. The average Bonchev–Trinajstić information content (AvgIpc) is 2.86. The van der Waals surface area contributed by atoms with Crippen LogP contribution in [0, 0.1) is 0 Å². The van der Waals surface area contributed by atoms with E-state index in [0.29, 0.717) is 24.3 Å². The third-order valence-corrected chi connectivity index (χ3v) is 4.01. The zero-order valence-electron chi connectivity index (χ0n) is 13.1. The molecule has 0 saturated heterocycles. The maximum atomic E-state index is 12.2. The van der Waals surface area contributed by atoms with Gasteiger partial charge in [0.25, 0.3) is 5.91 Å². The van der Waals surface area contributed by atoms with Gasteiger partial charge in [0.1, 0.15) is 5.75 Å². The van der Waals surface area contributed by atoms with Crippen LogP contribution < -0.4 is 15.0 Å². The maximum absolute atomic E-state index is 12.2. The van der Waals surface area contributed by atoms with E-state index in [2.05, 4.69) is 5.32 Å². The van der Waals surface area contributed by atoms with Gasteiger partial charge in [-0.15, -0.1) is 0 Å². The number of benzene rings is 2. The predicted molar refractivity (Wildman–Crippen MR) is 87.7 cm³/mol. The van der Waals surface area contributed by atoms with Crippen LogP contribution in [0.4, 0.5) is 5.69 Å². The van der Waals surface area contributed by atoms with Crippen LogP contribution in [0.1, 0.15) is 21.5 Å². The summed E-state index contributed by atoms with van der Waals surface area (Å²) in [7, 11) is 3.35. The summed E-state index contributed by atoms with van der Waals surface area (Å²) in [6.07, 6.45) is 0.420. The molecule has 0 radical (unpaired) electrons. The van der Waals surface area contributed by atoms with E-state index in [1.54, 1.807) is 43.3 Å². The highest BCUT2D eigenvalue weighted by Gasteiger charge is 2.23. The van der Waals surface area contributed by atoms with Crippen molar-refractivity contribution >= 4 is 17.5 Å². The summed E-state index contributed by atoms with van der Waals surface area (Å²) in [6, 6.07) is 12.9. The van der Waals surface area contributed by atoms with E-state index in [-0.39, 0.29) is 11.8 Å². The van der Waals surface area contributed by atoms with Crippen molar-refractivity contribution in [1.29, 1.82) is 0 Å². The molecule has 0 spiro atoms. The minimum Gasteiger partial charge on any atom is -0.497 e. The monoisotopic (exact) mass is 310 g/mol. The molecule has 3 rings (SSSR count). The molecule has 2 aromatic carbocycles. The van der Waals surface area contributed by atoms with Gasteiger partial charge in [0.2, 0.25) is 5.91 Å². The Bertz CT molecular complexity index is 771. The van der Waals surface area contributed by atoms with E-state index in [1.807, 2.05) is 18.2 Å². The molecule has 1 aliphatic heterocycles. The summed E-state index contributed by atoms with van der Waals surface area (Å²) in [5.74, 6) is 0.590. The Hall–Kier alpha value is -2.82. The number of methoxy groups -OCH3 is 1. The SMILES string of the molecule is COc1cccc(C(=O)NCc2ccc3c(c2)CC(=O)N3C)c1. The second-order valence-electron chi connectivity index (χ2n) is 5.51. The summed E-state index contributed by atoms with van der Waals surface area (Å²) < 4.78 is 5.12. The molecule has 0 saturated carbocycles. The van der Waals surface area contributed by atoms with E-state index >= 15 is 0 Å². The van der Waals surface area contributed by atoms with Gasteiger partial charge in [-0.1, -0.05) is 18.2 Å². The van der Waals surface area contributed by atoms with Crippen LogP contribution in [-0.2, 0) is 17.8 Å². The summed E-state index contributed by atoms with van der Waals surface area (Å²) in [5, 5.41) is 2.89. The fraction of sp³-hybridized carbons (Fsp3) is 0.222. The molecule has 0 unspecified atom stereocenters. The van der Waals surface area contributed by atoms with Crippen LogP contribution in [0.3, 0.4) is 0 Å². The molecular formula is C18H18N2O3. The number of anilines is 1. The van der Waals surface area contributed by atoms with Crippen LogP contribution in [0.25, 0.3) is 0 Å². The fourth-order valence-electron chi connectivity index (χ4n) is 2.68. The molecule has 1 N–H and O–H groups in total. The van der Waals surface area contributed by atoms with E-state index < -0.39 is 0 Å². The molecule has 0 fully saturated rings. The standard InChI is InChI=1S/C18H18N2O3/c1-20-16-7-6-12(8-14(16)10-17(20)21)11-19-18(22)13-4-3-5-15(9-13)23-2/h3-9H,10-11H2,1-2H3,(H,19,22). The first-order valence-electron chi connectivity index (χ1n) is 7.39. The van der Waals surface area contributed by atoms with E-state index in [0.717, 1.165) is 16.8 Å². The van der Waals surface area contributed by atoms with Crippen LogP contribution in [-0.4, -0.2) is 26.0 Å². The Morgan fingerprint density at radius 2 is 2.09 bits per heavy atom. The molecular weight excluding hydrogens is 292 g/mol. The Balaban J connectivity index is 1.68. The smallest absolute Gasteiger partial charge is 0.251 e. The van der Waals surface area contributed by atoms with Gasteiger partial charge >= 0.3 is 0 Å². The summed E-state index contributed by atoms with van der Waals surface area (Å²) in [4.78, 5) is 25.6. The van der Waals surface area contributed by atoms with Crippen molar-refractivity contribution in [1.82, 2.24) is 5.32 Å². The summed E-state index contributed by atoms with van der Waals surface area (Å²) >= 11 is 0. The van der Waals surface area contributed by atoms with Gasteiger partial charge < -0.3 is 15.0 Å². The molecule has 0 aliphatic carbocycles. The first kappa shape index (κ1) is 15.1. The van der Waals surface area contributed by atoms with Gasteiger partial charge in [-0.05, 0) is 35.4 Å². The fourth-order valence-corrected chi connectivity index (χ4v) is 2.68. The van der Waals surface area contributed by atoms with Crippen molar-refractivity contribution in [2.24, 2.45) is 0 Å². The van der Waals surface area contributed by atoms with Crippen LogP contribution in [0.15, 0.2) is 42.5 Å².